The number of aliphatic hydroxyl groups is 1. The van der Waals surface area contributed by atoms with E-state index < -0.39 is 0 Å². The average molecular weight is 252 g/mol. The van der Waals surface area contributed by atoms with Gasteiger partial charge in [0, 0.05) is 30.5 Å². The van der Waals surface area contributed by atoms with E-state index in [1.807, 2.05) is 0 Å². The van der Waals surface area contributed by atoms with E-state index >= 15 is 0 Å². The predicted octanol–water partition coefficient (Wildman–Crippen LogP) is 2.87. The first-order valence-corrected chi connectivity index (χ1v) is 6.25. The molecule has 2 N–H and O–H groups in total. The normalized spacial score (nSPS) is 10.3. The highest BCUT2D eigenvalue weighted by molar-refractivity contribution is 5.53. The van der Waals surface area contributed by atoms with Crippen molar-refractivity contribution in [2.75, 3.05) is 18.5 Å². The fraction of sp³-hybridized carbons (Fsp3) is 0.538. The quantitative estimate of drug-likeness (QED) is 0.424. The third kappa shape index (κ3) is 4.71. The van der Waals surface area contributed by atoms with Gasteiger partial charge < -0.3 is 10.4 Å². The molecule has 1 aromatic carbocycles. The van der Waals surface area contributed by atoms with Crippen molar-refractivity contribution in [2.24, 2.45) is 0 Å². The Hall–Kier alpha value is -1.62. The average Bonchev–Trinajstić information content (AvgIpc) is 2.33. The van der Waals surface area contributed by atoms with Crippen LogP contribution in [0.3, 0.4) is 0 Å². The molecule has 0 aliphatic heterocycles. The molecule has 0 atom stereocenters. The topological polar surface area (TPSA) is 75.4 Å². The van der Waals surface area contributed by atoms with Crippen LogP contribution >= 0.6 is 0 Å². The van der Waals surface area contributed by atoms with Crippen LogP contribution < -0.4 is 5.32 Å². The van der Waals surface area contributed by atoms with Crippen LogP contribution in [-0.4, -0.2) is 23.2 Å². The highest BCUT2D eigenvalue weighted by Crippen LogP contribution is 2.21. The molecule has 0 aliphatic carbocycles. The number of rotatable bonds is 8. The molecule has 1 rings (SSSR count). The summed E-state index contributed by atoms with van der Waals surface area (Å²) >= 11 is 0. The van der Waals surface area contributed by atoms with E-state index in [4.69, 9.17) is 5.11 Å². The Balaban J connectivity index is 2.35. The van der Waals surface area contributed by atoms with E-state index in [0.717, 1.165) is 37.9 Å². The van der Waals surface area contributed by atoms with Gasteiger partial charge in [0.15, 0.2) is 0 Å². The summed E-state index contributed by atoms with van der Waals surface area (Å²) in [6.45, 7) is 2.85. The van der Waals surface area contributed by atoms with Gasteiger partial charge in [0.05, 0.1) is 4.92 Å². The highest BCUT2D eigenvalue weighted by Gasteiger charge is 2.09. The van der Waals surface area contributed by atoms with Crippen molar-refractivity contribution in [3.63, 3.8) is 0 Å². The number of aliphatic hydroxyl groups excluding tert-OH is 1. The summed E-state index contributed by atoms with van der Waals surface area (Å²) in [4.78, 5) is 10.3. The first kappa shape index (κ1) is 14.4. The maximum absolute atomic E-state index is 10.7. The third-order valence-electron chi connectivity index (χ3n) is 2.81. The summed E-state index contributed by atoms with van der Waals surface area (Å²) in [7, 11) is 0. The Bertz CT molecular complexity index is 394. The van der Waals surface area contributed by atoms with Gasteiger partial charge in [-0.2, -0.15) is 0 Å². The van der Waals surface area contributed by atoms with E-state index in [1.165, 1.54) is 6.07 Å². The molecule has 0 fully saturated rings. The van der Waals surface area contributed by atoms with E-state index in [-0.39, 0.29) is 17.2 Å². The lowest BCUT2D eigenvalue weighted by molar-refractivity contribution is -0.385. The summed E-state index contributed by atoms with van der Waals surface area (Å²) in [5, 5.41) is 22.5. The summed E-state index contributed by atoms with van der Waals surface area (Å²) in [6, 6.07) is 5.06. The SMILES string of the molecule is Cc1cc(NCCCCCCO)ccc1[N+](=O)[O-]. The van der Waals surface area contributed by atoms with Gasteiger partial charge >= 0.3 is 0 Å². The van der Waals surface area contributed by atoms with Crippen molar-refractivity contribution in [3.8, 4) is 0 Å². The summed E-state index contributed by atoms with van der Waals surface area (Å²) < 4.78 is 0. The standard InChI is InChI=1S/C13H20N2O3/c1-11-10-12(6-7-13(11)15(17)18)14-8-4-2-3-5-9-16/h6-7,10,14,16H,2-5,8-9H2,1H3. The zero-order valence-corrected chi connectivity index (χ0v) is 10.7. The number of unbranched alkanes of at least 4 members (excludes halogenated alkanes) is 3. The Morgan fingerprint density at radius 3 is 2.61 bits per heavy atom. The molecular weight excluding hydrogens is 232 g/mol. The van der Waals surface area contributed by atoms with Gasteiger partial charge in [-0.1, -0.05) is 12.8 Å². The second-order valence-corrected chi connectivity index (χ2v) is 4.32. The van der Waals surface area contributed by atoms with E-state index in [0.29, 0.717) is 5.56 Å². The number of hydrogen-bond acceptors (Lipinski definition) is 4. The molecule has 0 aromatic heterocycles. The maximum Gasteiger partial charge on any atom is 0.272 e. The van der Waals surface area contributed by atoms with Gasteiger partial charge in [-0.05, 0) is 31.9 Å². The molecule has 0 spiro atoms. The van der Waals surface area contributed by atoms with Gasteiger partial charge in [-0.3, -0.25) is 10.1 Å². The third-order valence-corrected chi connectivity index (χ3v) is 2.81. The number of nitrogens with one attached hydrogen (secondary N) is 1. The number of nitro groups is 1. The van der Waals surface area contributed by atoms with Crippen LogP contribution in [0, 0.1) is 17.0 Å². The van der Waals surface area contributed by atoms with Gasteiger partial charge in [0.2, 0.25) is 0 Å². The highest BCUT2D eigenvalue weighted by atomic mass is 16.6. The molecule has 18 heavy (non-hydrogen) atoms. The molecular formula is C13H20N2O3. The Kier molecular flexibility index (Phi) is 6.14. The molecule has 0 amide bonds. The smallest absolute Gasteiger partial charge is 0.272 e. The van der Waals surface area contributed by atoms with E-state index in [2.05, 4.69) is 5.32 Å². The monoisotopic (exact) mass is 252 g/mol. The van der Waals surface area contributed by atoms with Crippen molar-refractivity contribution in [1.82, 2.24) is 0 Å². The summed E-state index contributed by atoms with van der Waals surface area (Å²) in [6.07, 6.45) is 4.02. The number of nitrogens with zero attached hydrogens (tertiary/aromatic N) is 1. The molecule has 0 aliphatic rings. The van der Waals surface area contributed by atoms with Crippen molar-refractivity contribution >= 4 is 11.4 Å². The fourth-order valence-electron chi connectivity index (χ4n) is 1.79. The van der Waals surface area contributed by atoms with Gasteiger partial charge in [0.1, 0.15) is 0 Å². The van der Waals surface area contributed by atoms with Gasteiger partial charge in [0.25, 0.3) is 5.69 Å². The van der Waals surface area contributed by atoms with Crippen LogP contribution in [0.5, 0.6) is 0 Å². The van der Waals surface area contributed by atoms with Crippen LogP contribution in [0.4, 0.5) is 11.4 Å². The maximum atomic E-state index is 10.7. The molecule has 0 saturated carbocycles. The fourth-order valence-corrected chi connectivity index (χ4v) is 1.79. The zero-order chi connectivity index (χ0) is 13.4. The minimum absolute atomic E-state index is 0.156. The van der Waals surface area contributed by atoms with Gasteiger partial charge in [-0.25, -0.2) is 0 Å². The van der Waals surface area contributed by atoms with Crippen molar-refractivity contribution in [2.45, 2.75) is 32.6 Å². The Labute approximate surface area is 107 Å². The number of aryl methyl sites for hydroxylation is 1. The van der Waals surface area contributed by atoms with E-state index in [9.17, 15) is 10.1 Å². The first-order valence-electron chi connectivity index (χ1n) is 6.25. The number of benzene rings is 1. The Morgan fingerprint density at radius 1 is 1.28 bits per heavy atom. The zero-order valence-electron chi connectivity index (χ0n) is 10.7. The second-order valence-electron chi connectivity index (χ2n) is 4.32. The van der Waals surface area contributed by atoms with E-state index in [1.54, 1.807) is 19.1 Å². The van der Waals surface area contributed by atoms with Crippen LogP contribution in [0.25, 0.3) is 0 Å². The lowest BCUT2D eigenvalue weighted by Gasteiger charge is -2.07. The first-order chi connectivity index (χ1) is 8.65. The van der Waals surface area contributed by atoms with Crippen LogP contribution in [0.1, 0.15) is 31.2 Å². The van der Waals surface area contributed by atoms with Crippen molar-refractivity contribution in [1.29, 1.82) is 0 Å². The molecule has 100 valence electrons. The predicted molar refractivity (Wildman–Crippen MR) is 71.9 cm³/mol. The van der Waals surface area contributed by atoms with Crippen LogP contribution in [0.15, 0.2) is 18.2 Å². The second kappa shape index (κ2) is 7.66. The minimum atomic E-state index is -0.367. The molecule has 1 aromatic rings. The molecule has 5 nitrogen and oxygen atoms in total. The largest absolute Gasteiger partial charge is 0.396 e. The molecule has 0 bridgehead atoms. The van der Waals surface area contributed by atoms with Crippen molar-refractivity contribution < 1.29 is 10.0 Å². The minimum Gasteiger partial charge on any atom is -0.396 e. The lowest BCUT2D eigenvalue weighted by Crippen LogP contribution is -2.02. The molecule has 0 heterocycles. The molecule has 0 saturated heterocycles. The summed E-state index contributed by atoms with van der Waals surface area (Å²) in [5.41, 5.74) is 1.74. The Morgan fingerprint density at radius 2 is 2.00 bits per heavy atom. The van der Waals surface area contributed by atoms with Crippen LogP contribution in [-0.2, 0) is 0 Å². The molecule has 0 radical (unpaired) electrons. The molecule has 0 unspecified atom stereocenters. The lowest BCUT2D eigenvalue weighted by atomic mass is 10.1. The number of hydrogen-bond donors (Lipinski definition) is 2. The summed E-state index contributed by atoms with van der Waals surface area (Å²) in [5.74, 6) is 0. The van der Waals surface area contributed by atoms with Crippen molar-refractivity contribution in [3.05, 3.63) is 33.9 Å². The molecule has 5 heteroatoms. The number of nitro benzene ring substituents is 1. The van der Waals surface area contributed by atoms with Gasteiger partial charge in [-0.15, -0.1) is 0 Å². The van der Waals surface area contributed by atoms with Crippen LogP contribution in [0.2, 0.25) is 0 Å². The number of anilines is 1.